The smallest absolute Gasteiger partial charge is 0.408 e. The summed E-state index contributed by atoms with van der Waals surface area (Å²) >= 11 is 0. The minimum Gasteiger partial charge on any atom is -0.467 e. The van der Waals surface area contributed by atoms with E-state index in [1.165, 1.54) is 19.4 Å². The molecule has 19 nitrogen and oxygen atoms in total. The van der Waals surface area contributed by atoms with Crippen LogP contribution in [0.5, 0.6) is 0 Å². The van der Waals surface area contributed by atoms with E-state index < -0.39 is 101 Å². The van der Waals surface area contributed by atoms with E-state index in [0.29, 0.717) is 5.69 Å². The molecule has 5 amide bonds. The number of aryl methyl sites for hydroxylation is 1. The van der Waals surface area contributed by atoms with Gasteiger partial charge in [-0.2, -0.15) is 0 Å². The Morgan fingerprint density at radius 2 is 1.14 bits per heavy atom. The van der Waals surface area contributed by atoms with Gasteiger partial charge in [0.25, 0.3) is 0 Å². The van der Waals surface area contributed by atoms with Crippen LogP contribution in [0.1, 0.15) is 114 Å². The minimum atomic E-state index is -1.62. The lowest BCUT2D eigenvalue weighted by Gasteiger charge is -2.28. The van der Waals surface area contributed by atoms with Gasteiger partial charge in [0.15, 0.2) is 0 Å². The number of hydrogen-bond donors (Lipinski definition) is 5. The van der Waals surface area contributed by atoms with Crippen molar-refractivity contribution in [2.45, 2.75) is 162 Å². The number of nitrogens with zero attached hydrogens (tertiary/aromatic N) is 2. The number of amides is 5. The third kappa shape index (κ3) is 20.3. The zero-order valence-corrected chi connectivity index (χ0v) is 36.4. The van der Waals surface area contributed by atoms with E-state index in [0.717, 1.165) is 7.11 Å². The number of hydrogen-bond acceptors (Lipinski definition) is 13. The second-order valence-corrected chi connectivity index (χ2v) is 17.4. The van der Waals surface area contributed by atoms with E-state index in [-0.39, 0.29) is 31.6 Å². The van der Waals surface area contributed by atoms with Gasteiger partial charge >= 0.3 is 24.0 Å². The molecule has 0 aromatic carbocycles. The quantitative estimate of drug-likeness (QED) is 0.0989. The minimum absolute atomic E-state index is 0.0347. The fourth-order valence-corrected chi connectivity index (χ4v) is 5.20. The first-order chi connectivity index (χ1) is 26.5. The van der Waals surface area contributed by atoms with Crippen molar-refractivity contribution >= 4 is 47.6 Å². The highest BCUT2D eigenvalue weighted by Gasteiger charge is 2.35. The molecule has 0 saturated heterocycles. The molecule has 0 radical (unpaired) electrons. The summed E-state index contributed by atoms with van der Waals surface area (Å²) in [6.45, 7) is 19.8. The van der Waals surface area contributed by atoms with E-state index in [9.17, 15) is 38.4 Å². The second kappa shape index (κ2) is 22.1. The average molecular weight is 824 g/mol. The normalized spacial score (nSPS) is 14.4. The molecule has 1 heterocycles. The maximum absolute atomic E-state index is 14.1. The first-order valence-electron chi connectivity index (χ1n) is 19.2. The Hall–Kier alpha value is -5.23. The van der Waals surface area contributed by atoms with Gasteiger partial charge in [0.1, 0.15) is 47.0 Å². The van der Waals surface area contributed by atoms with Crippen molar-refractivity contribution < 1.29 is 57.3 Å². The molecule has 1 rings (SSSR count). The summed E-state index contributed by atoms with van der Waals surface area (Å²) in [6.07, 6.45) is 0.851. The molecule has 0 saturated carbocycles. The SMILES string of the molecule is COC(=O)[C@H](C)NC(=O)[C@@H](CCC(=O)OC(C)(C)C)NC(=O)[C@H](CC(C)C)NC(=O)[C@H](CC(=O)OC(C)(C)C)NC(=O)[C@H](Cc1cncn1C)NC(=O)OC(C)(C)C. The summed E-state index contributed by atoms with van der Waals surface area (Å²) in [5.74, 6) is -5.90. The number of imidazole rings is 1. The average Bonchev–Trinajstić information content (AvgIpc) is 3.45. The molecule has 328 valence electrons. The number of nitrogens with one attached hydrogen (secondary N) is 5. The van der Waals surface area contributed by atoms with Gasteiger partial charge in [-0.25, -0.2) is 14.6 Å². The fourth-order valence-electron chi connectivity index (χ4n) is 5.20. The van der Waals surface area contributed by atoms with Crippen LogP contribution >= 0.6 is 0 Å². The highest BCUT2D eigenvalue weighted by Crippen LogP contribution is 2.14. The molecule has 5 atom stereocenters. The zero-order valence-electron chi connectivity index (χ0n) is 36.4. The number of ether oxygens (including phenoxy) is 4. The number of esters is 3. The molecule has 0 fully saturated rings. The summed E-state index contributed by atoms with van der Waals surface area (Å²) in [4.78, 5) is 110. The standard InChI is InChI=1S/C39H65N7O12/c1-22(2)17-26(32(50)42-25(15-16-29(47)56-37(4,5)6)31(49)41-23(3)35(53)55-14)43-34(52)28(19-30(48)57-38(7,8)9)44-33(51)27(18-24-20-40-21-46(24)13)45-36(54)58-39(10,11)12/h20-23,25-28H,15-19H2,1-14H3,(H,41,49)(H,42,50)(H,43,52)(H,44,51)(H,45,54)/t23-,25+,26-,27-,28-/m0/s1. The van der Waals surface area contributed by atoms with Crippen molar-refractivity contribution in [3.05, 3.63) is 18.2 Å². The molecule has 1 aromatic rings. The summed E-state index contributed by atoms with van der Waals surface area (Å²) in [7, 11) is 2.83. The second-order valence-electron chi connectivity index (χ2n) is 17.4. The molecule has 0 spiro atoms. The molecule has 1 aromatic heterocycles. The molecule has 0 aliphatic carbocycles. The molecular weight excluding hydrogens is 758 g/mol. The van der Waals surface area contributed by atoms with Crippen molar-refractivity contribution in [3.8, 4) is 0 Å². The first-order valence-corrected chi connectivity index (χ1v) is 19.2. The van der Waals surface area contributed by atoms with Crippen LogP contribution < -0.4 is 26.6 Å². The van der Waals surface area contributed by atoms with Gasteiger partial charge in [-0.3, -0.25) is 28.8 Å². The molecule has 0 aliphatic rings. The lowest BCUT2D eigenvalue weighted by atomic mass is 10.0. The lowest BCUT2D eigenvalue weighted by molar-refractivity contribution is -0.157. The molecule has 0 bridgehead atoms. The number of carbonyl (C=O) groups is 8. The van der Waals surface area contributed by atoms with Crippen LogP contribution in [0.4, 0.5) is 4.79 Å². The topological polar surface area (TPSA) is 251 Å². The Balaban J connectivity index is 3.51. The van der Waals surface area contributed by atoms with Crippen LogP contribution in [0.3, 0.4) is 0 Å². The predicted molar refractivity (Wildman–Crippen MR) is 210 cm³/mol. The van der Waals surface area contributed by atoms with Gasteiger partial charge in [-0.05, 0) is 88.0 Å². The number of rotatable bonds is 19. The van der Waals surface area contributed by atoms with Crippen molar-refractivity contribution in [2.75, 3.05) is 7.11 Å². The molecule has 0 aliphatic heterocycles. The van der Waals surface area contributed by atoms with E-state index >= 15 is 0 Å². The third-order valence-electron chi connectivity index (χ3n) is 7.70. The van der Waals surface area contributed by atoms with Gasteiger partial charge in [-0.1, -0.05) is 13.8 Å². The van der Waals surface area contributed by atoms with Gasteiger partial charge in [0.05, 0.1) is 19.9 Å². The van der Waals surface area contributed by atoms with E-state index in [1.54, 1.807) is 87.8 Å². The Kier molecular flexibility index (Phi) is 19.3. The molecule has 58 heavy (non-hydrogen) atoms. The molecule has 0 unspecified atom stereocenters. The van der Waals surface area contributed by atoms with Gasteiger partial charge in [0, 0.05) is 31.8 Å². The highest BCUT2D eigenvalue weighted by molar-refractivity contribution is 5.97. The monoisotopic (exact) mass is 823 g/mol. The fraction of sp³-hybridized carbons (Fsp3) is 0.718. The lowest BCUT2D eigenvalue weighted by Crippen LogP contribution is -2.59. The maximum atomic E-state index is 14.1. The summed E-state index contributed by atoms with van der Waals surface area (Å²) in [6, 6.07) is -6.74. The summed E-state index contributed by atoms with van der Waals surface area (Å²) in [5.41, 5.74) is -2.13. The van der Waals surface area contributed by atoms with Crippen LogP contribution in [-0.2, 0) is 66.0 Å². The van der Waals surface area contributed by atoms with E-state index in [4.69, 9.17) is 14.2 Å². The number of carbonyl (C=O) groups excluding carboxylic acids is 8. The Morgan fingerprint density at radius 1 is 0.655 bits per heavy atom. The van der Waals surface area contributed by atoms with Crippen LogP contribution in [0, 0.1) is 5.92 Å². The number of aromatic nitrogens is 2. The van der Waals surface area contributed by atoms with Crippen LogP contribution in [0.2, 0.25) is 0 Å². The van der Waals surface area contributed by atoms with Crippen molar-refractivity contribution in [1.29, 1.82) is 0 Å². The van der Waals surface area contributed by atoms with Crippen LogP contribution in [0.25, 0.3) is 0 Å². The Bertz CT molecular complexity index is 1600. The maximum Gasteiger partial charge on any atom is 0.408 e. The first kappa shape index (κ1) is 50.8. The largest absolute Gasteiger partial charge is 0.467 e. The van der Waals surface area contributed by atoms with Gasteiger partial charge in [-0.15, -0.1) is 0 Å². The van der Waals surface area contributed by atoms with Crippen LogP contribution in [-0.4, -0.2) is 111 Å². The number of alkyl carbamates (subject to hydrolysis) is 1. The van der Waals surface area contributed by atoms with Crippen molar-refractivity contribution in [3.63, 3.8) is 0 Å². The zero-order chi connectivity index (χ0) is 44.8. The van der Waals surface area contributed by atoms with Crippen molar-refractivity contribution in [1.82, 2.24) is 36.1 Å². The summed E-state index contributed by atoms with van der Waals surface area (Å²) in [5, 5.41) is 12.7. The molecule has 19 heteroatoms. The number of methoxy groups -OCH3 is 1. The highest BCUT2D eigenvalue weighted by atomic mass is 16.6. The van der Waals surface area contributed by atoms with E-state index in [2.05, 4.69) is 36.3 Å². The summed E-state index contributed by atoms with van der Waals surface area (Å²) < 4.78 is 22.5. The van der Waals surface area contributed by atoms with E-state index in [1.807, 2.05) is 0 Å². The van der Waals surface area contributed by atoms with Crippen molar-refractivity contribution in [2.24, 2.45) is 13.0 Å². The Morgan fingerprint density at radius 3 is 1.64 bits per heavy atom. The Labute approximate surface area is 341 Å². The van der Waals surface area contributed by atoms with Crippen LogP contribution in [0.15, 0.2) is 12.5 Å². The predicted octanol–water partition coefficient (Wildman–Crippen LogP) is 1.89. The van der Waals surface area contributed by atoms with Gasteiger partial charge < -0.3 is 50.1 Å². The third-order valence-corrected chi connectivity index (χ3v) is 7.70. The molecule has 5 N–H and O–H groups in total. The van der Waals surface area contributed by atoms with Gasteiger partial charge in [0.2, 0.25) is 23.6 Å². The molecular formula is C39H65N7O12.